The van der Waals surface area contributed by atoms with Crippen LogP contribution in [0.3, 0.4) is 0 Å². The highest BCUT2D eigenvalue weighted by atomic mass is 16.6. The fourth-order valence-corrected chi connectivity index (χ4v) is 3.40. The third-order valence-electron chi connectivity index (χ3n) is 4.61. The molecular formula is C19H16N4O3. The lowest BCUT2D eigenvalue weighted by atomic mass is 10.0. The van der Waals surface area contributed by atoms with Crippen LogP contribution in [0.15, 0.2) is 58.5 Å². The van der Waals surface area contributed by atoms with Gasteiger partial charge in [-0.2, -0.15) is 0 Å². The number of rotatable bonds is 2. The van der Waals surface area contributed by atoms with Gasteiger partial charge >= 0.3 is 0 Å². The van der Waals surface area contributed by atoms with Crippen molar-refractivity contribution in [3.05, 3.63) is 69.8 Å². The molecule has 0 aromatic heterocycles. The second-order valence-corrected chi connectivity index (χ2v) is 6.26. The molecule has 4 rings (SSSR count). The molecule has 2 heterocycles. The van der Waals surface area contributed by atoms with Gasteiger partial charge < -0.3 is 4.90 Å². The Hall–Kier alpha value is -3.35. The van der Waals surface area contributed by atoms with Crippen molar-refractivity contribution in [1.29, 1.82) is 0 Å². The average molecular weight is 348 g/mol. The van der Waals surface area contributed by atoms with Gasteiger partial charge in [-0.25, -0.2) is 4.99 Å². The molecule has 0 N–H and O–H groups in total. The molecule has 7 heteroatoms. The van der Waals surface area contributed by atoms with Gasteiger partial charge in [0.1, 0.15) is 5.84 Å². The summed E-state index contributed by atoms with van der Waals surface area (Å²) in [5.74, 6) is 0.573. The Balaban J connectivity index is 1.72. The van der Waals surface area contributed by atoms with Gasteiger partial charge in [-0.1, -0.05) is 18.2 Å². The van der Waals surface area contributed by atoms with Gasteiger partial charge in [-0.15, -0.1) is 0 Å². The number of carbonyl (C=O) groups excluding carboxylic acids is 1. The number of nitrogens with zero attached hydrogens (tertiary/aromatic N) is 4. The van der Waals surface area contributed by atoms with Crippen LogP contribution in [-0.4, -0.2) is 35.0 Å². The highest BCUT2D eigenvalue weighted by Crippen LogP contribution is 2.31. The average Bonchev–Trinajstić information content (AvgIpc) is 2.95. The van der Waals surface area contributed by atoms with Crippen molar-refractivity contribution in [2.24, 2.45) is 9.98 Å². The molecule has 2 aromatic carbocycles. The summed E-state index contributed by atoms with van der Waals surface area (Å²) in [6.45, 7) is 2.39. The number of para-hydroxylation sites is 1. The minimum absolute atomic E-state index is 0.0356. The van der Waals surface area contributed by atoms with Crippen molar-refractivity contribution in [3.8, 4) is 0 Å². The zero-order chi connectivity index (χ0) is 18.3. The molecule has 2 aliphatic rings. The van der Waals surface area contributed by atoms with E-state index in [2.05, 4.69) is 9.98 Å². The molecule has 0 radical (unpaired) electrons. The first-order chi connectivity index (χ1) is 12.5. The predicted molar refractivity (Wildman–Crippen MR) is 99.3 cm³/mol. The maximum atomic E-state index is 13.1. The molecule has 7 nitrogen and oxygen atoms in total. The molecule has 0 bridgehead atoms. The maximum absolute atomic E-state index is 13.1. The van der Waals surface area contributed by atoms with Crippen LogP contribution in [0.4, 0.5) is 11.4 Å². The third kappa shape index (κ3) is 2.67. The molecule has 0 saturated heterocycles. The number of hydrogen-bond donors (Lipinski definition) is 0. The quantitative estimate of drug-likeness (QED) is 0.616. The molecular weight excluding hydrogens is 332 g/mol. The molecule has 0 aliphatic carbocycles. The second kappa shape index (κ2) is 6.18. The van der Waals surface area contributed by atoms with Crippen LogP contribution in [0.2, 0.25) is 0 Å². The standard InChI is InChI=1S/C19H16N4O3/c1-12-20-16-10-11-22(17-5-3-2-4-15(17)18(16)21-12)19(24)13-6-8-14(9-7-13)23(25)26/h2-9,16H,10-11H2,1H3. The molecule has 26 heavy (non-hydrogen) atoms. The normalized spacial score (nSPS) is 18.3. The van der Waals surface area contributed by atoms with Crippen molar-refractivity contribution in [1.82, 2.24) is 0 Å². The summed E-state index contributed by atoms with van der Waals surface area (Å²) in [5, 5.41) is 10.8. The highest BCUT2D eigenvalue weighted by molar-refractivity contribution is 6.19. The lowest BCUT2D eigenvalue weighted by Gasteiger charge is -2.22. The van der Waals surface area contributed by atoms with Gasteiger partial charge in [-0.05, 0) is 31.5 Å². The minimum atomic E-state index is -0.477. The zero-order valence-corrected chi connectivity index (χ0v) is 14.1. The Kier molecular flexibility index (Phi) is 3.84. The Morgan fingerprint density at radius 3 is 2.65 bits per heavy atom. The smallest absolute Gasteiger partial charge is 0.269 e. The van der Waals surface area contributed by atoms with Crippen molar-refractivity contribution >= 4 is 28.8 Å². The summed E-state index contributed by atoms with van der Waals surface area (Å²) >= 11 is 0. The number of hydrogen-bond acceptors (Lipinski definition) is 5. The van der Waals surface area contributed by atoms with Crippen LogP contribution in [0.25, 0.3) is 0 Å². The molecule has 1 atom stereocenters. The van der Waals surface area contributed by atoms with Crippen LogP contribution >= 0.6 is 0 Å². The first kappa shape index (κ1) is 16.1. The van der Waals surface area contributed by atoms with Crippen LogP contribution in [0.1, 0.15) is 29.3 Å². The molecule has 0 fully saturated rings. The van der Waals surface area contributed by atoms with Crippen LogP contribution < -0.4 is 4.90 Å². The number of nitro groups is 1. The van der Waals surface area contributed by atoms with E-state index in [1.165, 1.54) is 24.3 Å². The molecule has 2 aromatic rings. The summed E-state index contributed by atoms with van der Waals surface area (Å²) < 4.78 is 0. The van der Waals surface area contributed by atoms with E-state index in [1.54, 1.807) is 4.90 Å². The van der Waals surface area contributed by atoms with E-state index >= 15 is 0 Å². The zero-order valence-electron chi connectivity index (χ0n) is 14.1. The fraction of sp³-hybridized carbons (Fsp3) is 0.211. The number of anilines is 1. The van der Waals surface area contributed by atoms with Gasteiger partial charge in [0.2, 0.25) is 0 Å². The van der Waals surface area contributed by atoms with E-state index in [0.717, 1.165) is 22.8 Å². The van der Waals surface area contributed by atoms with Gasteiger partial charge in [0.15, 0.2) is 0 Å². The highest BCUT2D eigenvalue weighted by Gasteiger charge is 2.32. The minimum Gasteiger partial charge on any atom is -0.308 e. The number of non-ortho nitro benzene ring substituents is 1. The third-order valence-corrected chi connectivity index (χ3v) is 4.61. The van der Waals surface area contributed by atoms with E-state index < -0.39 is 4.92 Å². The Morgan fingerprint density at radius 2 is 1.92 bits per heavy atom. The van der Waals surface area contributed by atoms with Gasteiger partial charge in [0, 0.05) is 29.8 Å². The first-order valence-corrected chi connectivity index (χ1v) is 8.33. The van der Waals surface area contributed by atoms with Crippen molar-refractivity contribution in [2.75, 3.05) is 11.4 Å². The summed E-state index contributed by atoms with van der Waals surface area (Å²) in [5.41, 5.74) is 2.98. The second-order valence-electron chi connectivity index (χ2n) is 6.26. The summed E-state index contributed by atoms with van der Waals surface area (Å²) in [6, 6.07) is 13.3. The number of benzene rings is 2. The van der Waals surface area contributed by atoms with Gasteiger partial charge in [0.25, 0.3) is 11.6 Å². The maximum Gasteiger partial charge on any atom is 0.269 e. The molecule has 1 amide bonds. The van der Waals surface area contributed by atoms with E-state index in [0.29, 0.717) is 18.5 Å². The molecule has 1 unspecified atom stereocenters. The van der Waals surface area contributed by atoms with E-state index in [9.17, 15) is 14.9 Å². The SMILES string of the molecule is CC1=NC2CCN(C(=O)c3ccc([N+](=O)[O-])cc3)c3ccccc3C2=N1. The van der Waals surface area contributed by atoms with Crippen LogP contribution in [0.5, 0.6) is 0 Å². The number of carbonyl (C=O) groups is 1. The Bertz CT molecular complexity index is 963. The van der Waals surface area contributed by atoms with E-state index in [4.69, 9.17) is 0 Å². The summed E-state index contributed by atoms with van der Waals surface area (Å²) in [7, 11) is 0. The summed E-state index contributed by atoms with van der Waals surface area (Å²) in [4.78, 5) is 34.2. The number of aliphatic imine (C=N–C) groups is 2. The van der Waals surface area contributed by atoms with Gasteiger partial charge in [0.05, 0.1) is 22.4 Å². The number of fused-ring (bicyclic) bond motifs is 3. The largest absolute Gasteiger partial charge is 0.308 e. The van der Waals surface area contributed by atoms with Crippen LogP contribution in [0, 0.1) is 10.1 Å². The lowest BCUT2D eigenvalue weighted by Crippen LogP contribution is -2.32. The Labute approximate surface area is 149 Å². The lowest BCUT2D eigenvalue weighted by molar-refractivity contribution is -0.384. The molecule has 2 aliphatic heterocycles. The first-order valence-electron chi connectivity index (χ1n) is 8.33. The predicted octanol–water partition coefficient (Wildman–Crippen LogP) is 3.24. The molecule has 0 spiro atoms. The van der Waals surface area contributed by atoms with E-state index in [1.807, 2.05) is 31.2 Å². The monoisotopic (exact) mass is 348 g/mol. The number of amidine groups is 1. The fourth-order valence-electron chi connectivity index (χ4n) is 3.40. The number of amides is 1. The van der Waals surface area contributed by atoms with Crippen LogP contribution in [-0.2, 0) is 0 Å². The number of nitro benzene ring substituents is 1. The van der Waals surface area contributed by atoms with E-state index in [-0.39, 0.29) is 17.6 Å². The molecule has 130 valence electrons. The van der Waals surface area contributed by atoms with Gasteiger partial charge in [-0.3, -0.25) is 19.9 Å². The summed E-state index contributed by atoms with van der Waals surface area (Å²) in [6.07, 6.45) is 0.684. The Morgan fingerprint density at radius 1 is 1.19 bits per heavy atom. The molecule has 0 saturated carbocycles. The van der Waals surface area contributed by atoms with Crippen molar-refractivity contribution < 1.29 is 9.72 Å². The topological polar surface area (TPSA) is 88.2 Å². The van der Waals surface area contributed by atoms with Crippen molar-refractivity contribution in [2.45, 2.75) is 19.4 Å². The van der Waals surface area contributed by atoms with Crippen molar-refractivity contribution in [3.63, 3.8) is 0 Å².